The van der Waals surface area contributed by atoms with Crippen molar-refractivity contribution >= 4 is 11.9 Å². The van der Waals surface area contributed by atoms with Gasteiger partial charge in [-0.2, -0.15) is 0 Å². The maximum absolute atomic E-state index is 11.5. The van der Waals surface area contributed by atoms with E-state index in [0.717, 1.165) is 24.8 Å². The van der Waals surface area contributed by atoms with E-state index >= 15 is 0 Å². The maximum Gasteiger partial charge on any atom is 0.324 e. The zero-order valence-electron chi connectivity index (χ0n) is 13.5. The molecule has 1 aliphatic heterocycles. The van der Waals surface area contributed by atoms with E-state index in [1.165, 1.54) is 24.2 Å². The van der Waals surface area contributed by atoms with Crippen LogP contribution in [-0.2, 0) is 4.79 Å². The van der Waals surface area contributed by atoms with E-state index in [1.54, 1.807) is 0 Å². The number of urea groups is 1. The second kappa shape index (κ2) is 7.25. The molecule has 21 heavy (non-hydrogen) atoms. The average molecular weight is 295 g/mol. The average Bonchev–Trinajstić information content (AvgIpc) is 2.74. The molecule has 1 aliphatic carbocycles. The molecule has 2 fully saturated rings. The molecule has 5 heteroatoms. The molecule has 0 aromatic carbocycles. The van der Waals surface area contributed by atoms with E-state index in [9.17, 15) is 9.59 Å². The standard InChI is InChI=1S/C16H29N3O2/c1-11(2)13-6-5-12(3)9-14(13)17-7-4-8-19-15(20)10-18-16(19)21/h11-14,17H,4-10H2,1-3H3,(H,18,21)/t12-,13+,14-/m1/s1. The molecular formula is C16H29N3O2. The van der Waals surface area contributed by atoms with Crippen molar-refractivity contribution in [2.45, 2.75) is 52.5 Å². The molecule has 0 aromatic rings. The van der Waals surface area contributed by atoms with Crippen LogP contribution in [0.4, 0.5) is 4.79 Å². The van der Waals surface area contributed by atoms with Gasteiger partial charge in [0.25, 0.3) is 0 Å². The van der Waals surface area contributed by atoms with Gasteiger partial charge in [0.1, 0.15) is 0 Å². The number of hydrogen-bond donors (Lipinski definition) is 2. The fourth-order valence-electron chi connectivity index (χ4n) is 3.64. The lowest BCUT2D eigenvalue weighted by atomic mass is 9.74. The first-order valence-electron chi connectivity index (χ1n) is 8.30. The van der Waals surface area contributed by atoms with Crippen molar-refractivity contribution < 1.29 is 9.59 Å². The van der Waals surface area contributed by atoms with Crippen molar-refractivity contribution in [2.75, 3.05) is 19.6 Å². The van der Waals surface area contributed by atoms with Crippen molar-refractivity contribution in [2.24, 2.45) is 17.8 Å². The van der Waals surface area contributed by atoms with E-state index in [1.807, 2.05) is 0 Å². The topological polar surface area (TPSA) is 61.4 Å². The van der Waals surface area contributed by atoms with Crippen LogP contribution in [0.15, 0.2) is 0 Å². The van der Waals surface area contributed by atoms with Crippen LogP contribution in [0.5, 0.6) is 0 Å². The Morgan fingerprint density at radius 2 is 2.10 bits per heavy atom. The first-order chi connectivity index (χ1) is 9.99. The number of imide groups is 1. The summed E-state index contributed by atoms with van der Waals surface area (Å²) in [4.78, 5) is 24.3. The molecule has 1 saturated heterocycles. The van der Waals surface area contributed by atoms with Gasteiger partial charge < -0.3 is 10.6 Å². The summed E-state index contributed by atoms with van der Waals surface area (Å²) in [5.41, 5.74) is 0. The highest BCUT2D eigenvalue weighted by molar-refractivity contribution is 6.01. The predicted octanol–water partition coefficient (Wildman–Crippen LogP) is 1.98. The van der Waals surface area contributed by atoms with Gasteiger partial charge in [-0.25, -0.2) is 4.79 Å². The molecule has 0 unspecified atom stereocenters. The van der Waals surface area contributed by atoms with Crippen LogP contribution in [0.2, 0.25) is 0 Å². The monoisotopic (exact) mass is 295 g/mol. The lowest BCUT2D eigenvalue weighted by Gasteiger charge is -2.38. The third-order valence-electron chi connectivity index (χ3n) is 4.92. The molecule has 1 heterocycles. The summed E-state index contributed by atoms with van der Waals surface area (Å²) in [6, 6.07) is 0.336. The third kappa shape index (κ3) is 4.19. The van der Waals surface area contributed by atoms with Crippen LogP contribution < -0.4 is 10.6 Å². The maximum atomic E-state index is 11.5. The normalized spacial score (nSPS) is 30.1. The second-order valence-corrected chi connectivity index (χ2v) is 6.94. The molecule has 2 rings (SSSR count). The van der Waals surface area contributed by atoms with E-state index in [4.69, 9.17) is 0 Å². The van der Waals surface area contributed by atoms with Crippen molar-refractivity contribution in [1.82, 2.24) is 15.5 Å². The fraction of sp³-hybridized carbons (Fsp3) is 0.875. The van der Waals surface area contributed by atoms with Gasteiger partial charge in [-0.15, -0.1) is 0 Å². The number of rotatable bonds is 6. The van der Waals surface area contributed by atoms with E-state index in [0.29, 0.717) is 18.5 Å². The summed E-state index contributed by atoms with van der Waals surface area (Å²) < 4.78 is 0. The highest BCUT2D eigenvalue weighted by atomic mass is 16.2. The Kier molecular flexibility index (Phi) is 5.62. The van der Waals surface area contributed by atoms with Gasteiger partial charge >= 0.3 is 6.03 Å². The smallest absolute Gasteiger partial charge is 0.324 e. The van der Waals surface area contributed by atoms with Gasteiger partial charge in [0.05, 0.1) is 6.54 Å². The number of carbonyl (C=O) groups is 2. The summed E-state index contributed by atoms with van der Waals surface area (Å²) in [5.74, 6) is 2.15. The molecule has 3 amide bonds. The quantitative estimate of drug-likeness (QED) is 0.582. The second-order valence-electron chi connectivity index (χ2n) is 6.94. The van der Waals surface area contributed by atoms with E-state index in [2.05, 4.69) is 31.4 Å². The van der Waals surface area contributed by atoms with E-state index < -0.39 is 0 Å². The number of hydrogen-bond acceptors (Lipinski definition) is 3. The molecule has 2 N–H and O–H groups in total. The molecule has 2 aliphatic rings. The Morgan fingerprint density at radius 3 is 2.71 bits per heavy atom. The molecule has 0 spiro atoms. The summed E-state index contributed by atoms with van der Waals surface area (Å²) >= 11 is 0. The molecule has 0 bridgehead atoms. The first kappa shape index (κ1) is 16.3. The summed E-state index contributed by atoms with van der Waals surface area (Å²) in [6.45, 7) is 8.50. The van der Waals surface area contributed by atoms with Gasteiger partial charge in [-0.1, -0.05) is 27.2 Å². The van der Waals surface area contributed by atoms with Crippen LogP contribution in [-0.4, -0.2) is 42.5 Å². The zero-order chi connectivity index (χ0) is 15.4. The van der Waals surface area contributed by atoms with Crippen LogP contribution in [0, 0.1) is 17.8 Å². The Balaban J connectivity index is 1.73. The Labute approximate surface area is 127 Å². The number of nitrogens with one attached hydrogen (secondary N) is 2. The molecule has 120 valence electrons. The number of amides is 3. The van der Waals surface area contributed by atoms with Gasteiger partial charge in [0.15, 0.2) is 0 Å². The van der Waals surface area contributed by atoms with Crippen LogP contribution in [0.1, 0.15) is 46.5 Å². The van der Waals surface area contributed by atoms with Crippen molar-refractivity contribution in [3.05, 3.63) is 0 Å². The summed E-state index contributed by atoms with van der Waals surface area (Å²) in [5, 5.41) is 6.22. The SMILES string of the molecule is CC(C)[C@@H]1CC[C@@H](C)C[C@H]1NCCCN1C(=O)CNC1=O. The molecule has 1 saturated carbocycles. The molecular weight excluding hydrogens is 266 g/mol. The minimum atomic E-state index is -0.244. The van der Waals surface area contributed by atoms with Crippen LogP contribution >= 0.6 is 0 Å². The first-order valence-corrected chi connectivity index (χ1v) is 8.30. The van der Waals surface area contributed by atoms with Crippen LogP contribution in [0.25, 0.3) is 0 Å². The minimum absolute atomic E-state index is 0.105. The predicted molar refractivity (Wildman–Crippen MR) is 82.9 cm³/mol. The van der Waals surface area contributed by atoms with E-state index in [-0.39, 0.29) is 18.5 Å². The Morgan fingerprint density at radius 1 is 1.33 bits per heavy atom. The number of nitrogens with zero attached hydrogens (tertiary/aromatic N) is 1. The summed E-state index contributed by atoms with van der Waals surface area (Å²) in [7, 11) is 0. The van der Waals surface area contributed by atoms with Crippen molar-refractivity contribution in [1.29, 1.82) is 0 Å². The van der Waals surface area contributed by atoms with Gasteiger partial charge in [0.2, 0.25) is 5.91 Å². The zero-order valence-corrected chi connectivity index (χ0v) is 13.5. The third-order valence-corrected chi connectivity index (χ3v) is 4.92. The van der Waals surface area contributed by atoms with Crippen molar-refractivity contribution in [3.8, 4) is 0 Å². The molecule has 5 nitrogen and oxygen atoms in total. The minimum Gasteiger partial charge on any atom is -0.329 e. The molecule has 3 atom stereocenters. The highest BCUT2D eigenvalue weighted by Crippen LogP contribution is 2.33. The van der Waals surface area contributed by atoms with Crippen LogP contribution in [0.3, 0.4) is 0 Å². The summed E-state index contributed by atoms with van der Waals surface area (Å²) in [6.07, 6.45) is 4.72. The van der Waals surface area contributed by atoms with Crippen molar-refractivity contribution in [3.63, 3.8) is 0 Å². The highest BCUT2D eigenvalue weighted by Gasteiger charge is 2.31. The largest absolute Gasteiger partial charge is 0.329 e. The van der Waals surface area contributed by atoms with Gasteiger partial charge in [0, 0.05) is 12.6 Å². The Bertz CT molecular complexity index is 368. The molecule has 0 radical (unpaired) electrons. The number of carbonyl (C=O) groups excluding carboxylic acids is 2. The van der Waals surface area contributed by atoms with Gasteiger partial charge in [-0.3, -0.25) is 9.69 Å². The molecule has 0 aromatic heterocycles. The van der Waals surface area contributed by atoms with Gasteiger partial charge in [-0.05, 0) is 43.6 Å². The lowest BCUT2D eigenvalue weighted by Crippen LogP contribution is -2.44. The fourth-order valence-corrected chi connectivity index (χ4v) is 3.64. The Hall–Kier alpha value is -1.10. The lowest BCUT2D eigenvalue weighted by molar-refractivity contribution is -0.125.